The van der Waals surface area contributed by atoms with Gasteiger partial charge in [-0.3, -0.25) is 0 Å². The fourth-order valence-corrected chi connectivity index (χ4v) is 9.86. The summed E-state index contributed by atoms with van der Waals surface area (Å²) in [6.45, 7) is 0. The van der Waals surface area contributed by atoms with Crippen LogP contribution < -0.4 is 0 Å². The molecule has 0 radical (unpaired) electrons. The predicted octanol–water partition coefficient (Wildman–Crippen LogP) is 15.4. The summed E-state index contributed by atoms with van der Waals surface area (Å²) >= 11 is 0. The fourth-order valence-electron chi connectivity index (χ4n) is 9.86. The molecule has 0 saturated carbocycles. The van der Waals surface area contributed by atoms with Gasteiger partial charge in [0.25, 0.3) is 0 Å². The Kier molecular flexibility index (Phi) is 7.87. The van der Waals surface area contributed by atoms with Gasteiger partial charge in [-0.1, -0.05) is 182 Å². The number of rotatable bonds is 5. The van der Waals surface area contributed by atoms with Crippen LogP contribution >= 0.6 is 0 Å². The maximum absolute atomic E-state index is 5.56. The van der Waals surface area contributed by atoms with Crippen molar-refractivity contribution in [3.05, 3.63) is 218 Å². The zero-order valence-corrected chi connectivity index (χ0v) is 34.1. The molecule has 0 fully saturated rings. The standard InChI is InChI=1S/C59H36N4/c1-3-16-37(17-4-1)55-48-27-12-11-26-46(48)49-32-33-50-47-31-30-39(36-54(47)63(58(50)57(49)61-55)42-21-5-2-6-22-42)38-19-15-20-41(34-38)59-60-53-29-14-13-28-51(53)56(62-59)52-35-40-18-7-8-23-43(40)44-24-9-10-25-45(44)52/h1-36H. The van der Waals surface area contributed by atoms with Gasteiger partial charge in [-0.2, -0.15) is 0 Å². The molecule has 0 unspecified atom stereocenters. The zero-order chi connectivity index (χ0) is 41.4. The first kappa shape index (κ1) is 35.3. The van der Waals surface area contributed by atoms with E-state index in [0.29, 0.717) is 5.82 Å². The first-order valence-electron chi connectivity index (χ1n) is 21.4. The van der Waals surface area contributed by atoms with Crippen LogP contribution in [-0.4, -0.2) is 19.5 Å². The SMILES string of the molecule is c1ccc(-c2nc3c(ccc4c5ccc(-c6cccc(-c7nc(-c8cc9ccccc9c9ccccc89)c8ccccc8n7)c6)cc5n(-c5ccccc5)c43)c3ccccc23)cc1. The van der Waals surface area contributed by atoms with Crippen molar-refractivity contribution < 1.29 is 0 Å². The number of hydrogen-bond acceptors (Lipinski definition) is 3. The second-order valence-electron chi connectivity index (χ2n) is 16.3. The van der Waals surface area contributed by atoms with Crippen LogP contribution in [0.4, 0.5) is 0 Å². The fraction of sp³-hybridized carbons (Fsp3) is 0. The number of benzene rings is 10. The van der Waals surface area contributed by atoms with Crippen LogP contribution in [0.3, 0.4) is 0 Å². The van der Waals surface area contributed by atoms with E-state index in [4.69, 9.17) is 15.0 Å². The normalized spacial score (nSPS) is 11.8. The Morgan fingerprint density at radius 2 is 0.921 bits per heavy atom. The number of aromatic nitrogens is 4. The van der Waals surface area contributed by atoms with Gasteiger partial charge in [0, 0.05) is 49.3 Å². The molecule has 0 amide bonds. The highest BCUT2D eigenvalue weighted by Gasteiger charge is 2.21. The minimum atomic E-state index is 0.696. The Labute approximate surface area is 363 Å². The second kappa shape index (κ2) is 14.1. The van der Waals surface area contributed by atoms with Gasteiger partial charge in [0.1, 0.15) is 0 Å². The van der Waals surface area contributed by atoms with E-state index >= 15 is 0 Å². The molecule has 0 N–H and O–H groups in total. The first-order valence-corrected chi connectivity index (χ1v) is 21.4. The molecule has 4 heteroatoms. The van der Waals surface area contributed by atoms with E-state index in [9.17, 15) is 0 Å². The minimum Gasteiger partial charge on any atom is -0.307 e. The van der Waals surface area contributed by atoms with E-state index in [1.807, 2.05) is 0 Å². The highest BCUT2D eigenvalue weighted by atomic mass is 15.0. The molecule has 0 spiro atoms. The van der Waals surface area contributed by atoms with Crippen molar-refractivity contribution in [3.8, 4) is 50.7 Å². The van der Waals surface area contributed by atoms with Crippen LogP contribution in [0.5, 0.6) is 0 Å². The van der Waals surface area contributed by atoms with E-state index in [1.54, 1.807) is 0 Å². The number of para-hydroxylation sites is 2. The Morgan fingerprint density at radius 1 is 0.317 bits per heavy atom. The van der Waals surface area contributed by atoms with Crippen molar-refractivity contribution in [2.24, 2.45) is 0 Å². The van der Waals surface area contributed by atoms with Crippen LogP contribution in [0.1, 0.15) is 0 Å². The molecule has 0 atom stereocenters. The van der Waals surface area contributed by atoms with Crippen molar-refractivity contribution in [1.82, 2.24) is 19.5 Å². The molecule has 3 heterocycles. The third kappa shape index (κ3) is 5.59. The summed E-state index contributed by atoms with van der Waals surface area (Å²) in [7, 11) is 0. The molecular weight excluding hydrogens is 765 g/mol. The predicted molar refractivity (Wildman–Crippen MR) is 263 cm³/mol. The Bertz CT molecular complexity index is 3960. The Hall–Kier alpha value is -8.47. The van der Waals surface area contributed by atoms with Crippen LogP contribution in [0.15, 0.2) is 218 Å². The van der Waals surface area contributed by atoms with Crippen molar-refractivity contribution in [3.63, 3.8) is 0 Å². The van der Waals surface area contributed by atoms with Gasteiger partial charge in [-0.25, -0.2) is 15.0 Å². The highest BCUT2D eigenvalue weighted by Crippen LogP contribution is 2.42. The van der Waals surface area contributed by atoms with E-state index < -0.39 is 0 Å². The molecule has 0 aliphatic rings. The quantitative estimate of drug-likeness (QED) is 0.163. The maximum Gasteiger partial charge on any atom is 0.160 e. The summed E-state index contributed by atoms with van der Waals surface area (Å²) in [5, 5.41) is 11.7. The third-order valence-corrected chi connectivity index (χ3v) is 12.7. The topological polar surface area (TPSA) is 43.6 Å². The minimum absolute atomic E-state index is 0.696. The van der Waals surface area contributed by atoms with Crippen molar-refractivity contribution in [2.75, 3.05) is 0 Å². The molecule has 0 aliphatic carbocycles. The molecule has 0 saturated heterocycles. The van der Waals surface area contributed by atoms with Gasteiger partial charge >= 0.3 is 0 Å². The summed E-state index contributed by atoms with van der Waals surface area (Å²) in [5.41, 5.74) is 12.5. The molecule has 4 nitrogen and oxygen atoms in total. The lowest BCUT2D eigenvalue weighted by Crippen LogP contribution is -1.97. The summed E-state index contributed by atoms with van der Waals surface area (Å²) < 4.78 is 2.41. The van der Waals surface area contributed by atoms with Crippen LogP contribution in [-0.2, 0) is 0 Å². The van der Waals surface area contributed by atoms with E-state index in [1.165, 1.54) is 37.7 Å². The van der Waals surface area contributed by atoms with Gasteiger partial charge in [0.15, 0.2) is 5.82 Å². The molecule has 13 rings (SSSR count). The number of hydrogen-bond donors (Lipinski definition) is 0. The largest absolute Gasteiger partial charge is 0.307 e. The van der Waals surface area contributed by atoms with Gasteiger partial charge in [-0.15, -0.1) is 0 Å². The summed E-state index contributed by atoms with van der Waals surface area (Å²) in [4.78, 5) is 16.2. The van der Waals surface area contributed by atoms with Gasteiger partial charge in [0.05, 0.1) is 33.5 Å². The summed E-state index contributed by atoms with van der Waals surface area (Å²) in [5.74, 6) is 0.696. The zero-order valence-electron chi connectivity index (χ0n) is 34.1. The van der Waals surface area contributed by atoms with Crippen molar-refractivity contribution >= 4 is 75.9 Å². The van der Waals surface area contributed by atoms with Crippen LogP contribution in [0, 0.1) is 0 Å². The van der Waals surface area contributed by atoms with Crippen molar-refractivity contribution in [2.45, 2.75) is 0 Å². The molecule has 0 bridgehead atoms. The molecular formula is C59H36N4. The molecule has 10 aromatic carbocycles. The Balaban J connectivity index is 1.02. The monoisotopic (exact) mass is 800 g/mol. The molecule has 3 aromatic heterocycles. The molecule has 13 aromatic rings. The Morgan fingerprint density at radius 3 is 1.75 bits per heavy atom. The van der Waals surface area contributed by atoms with Crippen molar-refractivity contribution in [1.29, 1.82) is 0 Å². The summed E-state index contributed by atoms with van der Waals surface area (Å²) in [6, 6.07) is 77.9. The third-order valence-electron chi connectivity index (χ3n) is 12.7. The second-order valence-corrected chi connectivity index (χ2v) is 16.3. The average Bonchev–Trinajstić information content (AvgIpc) is 3.70. The van der Waals surface area contributed by atoms with Crippen LogP contribution in [0.25, 0.3) is 127 Å². The van der Waals surface area contributed by atoms with E-state index in [2.05, 4.69) is 223 Å². The lowest BCUT2D eigenvalue weighted by atomic mass is 9.94. The van der Waals surface area contributed by atoms with Crippen LogP contribution in [0.2, 0.25) is 0 Å². The van der Waals surface area contributed by atoms with E-state index in [0.717, 1.165) is 83.1 Å². The average molecular weight is 801 g/mol. The molecule has 0 aliphatic heterocycles. The smallest absolute Gasteiger partial charge is 0.160 e. The number of nitrogens with zero attached hydrogens (tertiary/aromatic N) is 4. The summed E-state index contributed by atoms with van der Waals surface area (Å²) in [6.07, 6.45) is 0. The lowest BCUT2D eigenvalue weighted by molar-refractivity contribution is 1.18. The van der Waals surface area contributed by atoms with E-state index in [-0.39, 0.29) is 0 Å². The lowest BCUT2D eigenvalue weighted by Gasteiger charge is -2.14. The number of pyridine rings is 1. The highest BCUT2D eigenvalue weighted by molar-refractivity contribution is 6.23. The molecule has 63 heavy (non-hydrogen) atoms. The number of fused-ring (bicyclic) bond motifs is 11. The van der Waals surface area contributed by atoms with Gasteiger partial charge in [0.2, 0.25) is 0 Å². The van der Waals surface area contributed by atoms with Gasteiger partial charge < -0.3 is 4.57 Å². The van der Waals surface area contributed by atoms with Gasteiger partial charge in [-0.05, 0) is 74.5 Å². The maximum atomic E-state index is 5.56. The first-order chi connectivity index (χ1) is 31.2. The molecule has 292 valence electrons.